The molecule has 0 bridgehead atoms. The van der Waals surface area contributed by atoms with Gasteiger partial charge in [-0.1, -0.05) is 0 Å². The van der Waals surface area contributed by atoms with Gasteiger partial charge in [0.1, 0.15) is 17.2 Å². The summed E-state index contributed by atoms with van der Waals surface area (Å²) in [5.74, 6) is 2.25. The Balaban J connectivity index is 2.63. The van der Waals surface area contributed by atoms with E-state index in [1.54, 1.807) is 0 Å². The molecule has 0 spiro atoms. The summed E-state index contributed by atoms with van der Waals surface area (Å²) in [4.78, 5) is 3.94. The Morgan fingerprint density at radius 1 is 1.27 bits per heavy atom. The third-order valence-corrected chi connectivity index (χ3v) is 2.58. The summed E-state index contributed by atoms with van der Waals surface area (Å²) in [6, 6.07) is 0. The highest BCUT2D eigenvalue weighted by molar-refractivity contribution is 5.66. The molecule has 2 heterocycles. The smallest absolute Gasteiger partial charge is 0.181 e. The zero-order valence-corrected chi connectivity index (χ0v) is 9.00. The first kappa shape index (κ1) is 9.98. The van der Waals surface area contributed by atoms with Crippen molar-refractivity contribution in [2.75, 3.05) is 0 Å². The molecule has 2 aromatic rings. The van der Waals surface area contributed by atoms with Gasteiger partial charge < -0.3 is 13.9 Å². The van der Waals surface area contributed by atoms with Gasteiger partial charge in [0.05, 0.1) is 12.2 Å². The Hall–Kier alpha value is -1.55. The average Bonchev–Trinajstić information content (AvgIpc) is 2.73. The molecule has 0 saturated heterocycles. The maximum atomic E-state index is 9.10. The molecular weight excluding hydrogens is 194 g/mol. The first-order valence-electron chi connectivity index (χ1n) is 4.75. The largest absolute Gasteiger partial charge is 0.466 e. The van der Waals surface area contributed by atoms with E-state index in [4.69, 9.17) is 13.9 Å². The molecule has 2 rings (SSSR count). The van der Waals surface area contributed by atoms with Crippen molar-refractivity contribution in [3.8, 4) is 11.3 Å². The van der Waals surface area contributed by atoms with E-state index >= 15 is 0 Å². The van der Waals surface area contributed by atoms with Crippen molar-refractivity contribution in [3.05, 3.63) is 29.2 Å². The standard InChI is InChI=1S/C11H13NO3/c1-6-7(2)15-8(3)10(6)11-9(4-13)12-5-14-11/h5,13H,4H2,1-3H3. The van der Waals surface area contributed by atoms with Gasteiger partial charge in [0, 0.05) is 5.56 Å². The van der Waals surface area contributed by atoms with E-state index in [9.17, 15) is 0 Å². The third-order valence-electron chi connectivity index (χ3n) is 2.58. The molecule has 0 aromatic carbocycles. The van der Waals surface area contributed by atoms with Crippen molar-refractivity contribution in [2.24, 2.45) is 0 Å². The summed E-state index contributed by atoms with van der Waals surface area (Å²) in [5, 5.41) is 9.10. The monoisotopic (exact) mass is 207 g/mol. The van der Waals surface area contributed by atoms with Crippen molar-refractivity contribution in [1.82, 2.24) is 4.98 Å². The highest BCUT2D eigenvalue weighted by Crippen LogP contribution is 2.33. The molecular formula is C11H13NO3. The van der Waals surface area contributed by atoms with Crippen LogP contribution >= 0.6 is 0 Å². The maximum Gasteiger partial charge on any atom is 0.181 e. The van der Waals surface area contributed by atoms with Gasteiger partial charge >= 0.3 is 0 Å². The number of hydrogen-bond donors (Lipinski definition) is 1. The molecule has 0 radical (unpaired) electrons. The second-order valence-electron chi connectivity index (χ2n) is 3.50. The van der Waals surface area contributed by atoms with Crippen molar-refractivity contribution < 1.29 is 13.9 Å². The molecule has 15 heavy (non-hydrogen) atoms. The Labute approximate surface area is 87.6 Å². The maximum absolute atomic E-state index is 9.10. The Kier molecular flexibility index (Phi) is 2.36. The van der Waals surface area contributed by atoms with Crippen LogP contribution in [-0.2, 0) is 6.61 Å². The summed E-state index contributed by atoms with van der Waals surface area (Å²) in [6.45, 7) is 5.61. The van der Waals surface area contributed by atoms with Gasteiger partial charge in [-0.05, 0) is 20.8 Å². The molecule has 0 aliphatic carbocycles. The third kappa shape index (κ3) is 1.47. The van der Waals surface area contributed by atoms with Crippen LogP contribution in [0.15, 0.2) is 15.2 Å². The molecule has 2 aromatic heterocycles. The highest BCUT2D eigenvalue weighted by atomic mass is 16.4. The van der Waals surface area contributed by atoms with Crippen LogP contribution in [0.3, 0.4) is 0 Å². The van der Waals surface area contributed by atoms with Crippen LogP contribution < -0.4 is 0 Å². The molecule has 0 saturated carbocycles. The lowest BCUT2D eigenvalue weighted by Crippen LogP contribution is -1.88. The molecule has 0 aliphatic rings. The van der Waals surface area contributed by atoms with Crippen LogP contribution in [0.1, 0.15) is 22.8 Å². The number of hydrogen-bond acceptors (Lipinski definition) is 4. The lowest BCUT2D eigenvalue weighted by atomic mass is 10.1. The minimum Gasteiger partial charge on any atom is -0.466 e. The molecule has 0 amide bonds. The van der Waals surface area contributed by atoms with E-state index in [1.807, 2.05) is 20.8 Å². The van der Waals surface area contributed by atoms with Crippen molar-refractivity contribution in [3.63, 3.8) is 0 Å². The van der Waals surface area contributed by atoms with Gasteiger partial charge in [-0.2, -0.15) is 0 Å². The minimum atomic E-state index is -0.130. The zero-order chi connectivity index (χ0) is 11.0. The Morgan fingerprint density at radius 2 is 2.00 bits per heavy atom. The number of aryl methyl sites for hydroxylation is 2. The predicted octanol–water partition coefficient (Wildman–Crippen LogP) is 2.35. The average molecular weight is 207 g/mol. The first-order valence-corrected chi connectivity index (χ1v) is 4.75. The van der Waals surface area contributed by atoms with E-state index in [0.29, 0.717) is 11.5 Å². The van der Waals surface area contributed by atoms with Gasteiger partial charge in [0.25, 0.3) is 0 Å². The predicted molar refractivity (Wildman–Crippen MR) is 54.3 cm³/mol. The second kappa shape index (κ2) is 3.55. The molecule has 0 fully saturated rings. The quantitative estimate of drug-likeness (QED) is 0.821. The normalized spacial score (nSPS) is 10.9. The van der Waals surface area contributed by atoms with E-state index in [0.717, 1.165) is 22.6 Å². The topological polar surface area (TPSA) is 59.4 Å². The first-order chi connectivity index (χ1) is 7.15. The number of nitrogens with zero attached hydrogens (tertiary/aromatic N) is 1. The summed E-state index contributed by atoms with van der Waals surface area (Å²) in [5.41, 5.74) is 2.47. The number of oxazole rings is 1. The lowest BCUT2D eigenvalue weighted by Gasteiger charge is -1.98. The van der Waals surface area contributed by atoms with Crippen molar-refractivity contribution in [1.29, 1.82) is 0 Å². The fraction of sp³-hybridized carbons (Fsp3) is 0.364. The van der Waals surface area contributed by atoms with Crippen molar-refractivity contribution in [2.45, 2.75) is 27.4 Å². The number of aliphatic hydroxyl groups excluding tert-OH is 1. The summed E-state index contributed by atoms with van der Waals surface area (Å²) >= 11 is 0. The van der Waals surface area contributed by atoms with Crippen LogP contribution in [0.5, 0.6) is 0 Å². The lowest BCUT2D eigenvalue weighted by molar-refractivity contribution is 0.277. The molecule has 1 N–H and O–H groups in total. The van der Waals surface area contributed by atoms with E-state index < -0.39 is 0 Å². The minimum absolute atomic E-state index is 0.130. The molecule has 80 valence electrons. The van der Waals surface area contributed by atoms with Gasteiger partial charge in [0.2, 0.25) is 0 Å². The highest BCUT2D eigenvalue weighted by Gasteiger charge is 2.19. The van der Waals surface area contributed by atoms with Crippen LogP contribution in [0.4, 0.5) is 0 Å². The Bertz CT molecular complexity index is 482. The second-order valence-corrected chi connectivity index (χ2v) is 3.50. The van der Waals surface area contributed by atoms with Crippen LogP contribution in [0.25, 0.3) is 11.3 Å². The number of aliphatic hydroxyl groups is 1. The van der Waals surface area contributed by atoms with E-state index in [-0.39, 0.29) is 6.61 Å². The van der Waals surface area contributed by atoms with Crippen molar-refractivity contribution >= 4 is 0 Å². The van der Waals surface area contributed by atoms with E-state index in [2.05, 4.69) is 4.98 Å². The summed E-state index contributed by atoms with van der Waals surface area (Å²) in [6.07, 6.45) is 1.34. The number of aromatic nitrogens is 1. The van der Waals surface area contributed by atoms with Crippen LogP contribution in [0.2, 0.25) is 0 Å². The van der Waals surface area contributed by atoms with Gasteiger partial charge in [-0.15, -0.1) is 0 Å². The fourth-order valence-electron chi connectivity index (χ4n) is 1.71. The summed E-state index contributed by atoms with van der Waals surface area (Å²) in [7, 11) is 0. The van der Waals surface area contributed by atoms with Crippen LogP contribution in [-0.4, -0.2) is 10.1 Å². The molecule has 0 unspecified atom stereocenters. The number of furan rings is 1. The summed E-state index contributed by atoms with van der Waals surface area (Å²) < 4.78 is 10.8. The molecule has 0 aliphatic heterocycles. The Morgan fingerprint density at radius 3 is 2.53 bits per heavy atom. The molecule has 0 atom stereocenters. The zero-order valence-electron chi connectivity index (χ0n) is 9.00. The van der Waals surface area contributed by atoms with Gasteiger partial charge in [-0.3, -0.25) is 0 Å². The SMILES string of the molecule is Cc1oc(C)c(-c2ocnc2CO)c1C. The fourth-order valence-corrected chi connectivity index (χ4v) is 1.71. The van der Waals surface area contributed by atoms with E-state index in [1.165, 1.54) is 6.39 Å². The van der Waals surface area contributed by atoms with Gasteiger partial charge in [-0.25, -0.2) is 4.98 Å². The molecule has 4 heteroatoms. The van der Waals surface area contributed by atoms with Crippen LogP contribution in [0, 0.1) is 20.8 Å². The number of rotatable bonds is 2. The molecule has 4 nitrogen and oxygen atoms in total. The van der Waals surface area contributed by atoms with Gasteiger partial charge in [0.15, 0.2) is 12.2 Å².